The van der Waals surface area contributed by atoms with Crippen molar-refractivity contribution in [2.45, 2.75) is 11.6 Å². The van der Waals surface area contributed by atoms with Gasteiger partial charge in [0.1, 0.15) is 6.61 Å². The highest BCUT2D eigenvalue weighted by Crippen LogP contribution is 2.28. The van der Waals surface area contributed by atoms with Gasteiger partial charge >= 0.3 is 0 Å². The first-order chi connectivity index (χ1) is 10.1. The van der Waals surface area contributed by atoms with Crippen molar-refractivity contribution in [1.29, 1.82) is 0 Å². The fourth-order valence-corrected chi connectivity index (χ4v) is 2.66. The minimum Gasteiger partial charge on any atom is -0.375 e. The third kappa shape index (κ3) is 4.39. The van der Waals surface area contributed by atoms with E-state index in [1.54, 1.807) is 6.07 Å². The number of ether oxygens (including phenoxy) is 1. The second-order valence-corrected chi connectivity index (χ2v) is 5.63. The van der Waals surface area contributed by atoms with E-state index in [2.05, 4.69) is 10.2 Å². The topological polar surface area (TPSA) is 39.9 Å². The Hall–Kier alpha value is -1.18. The van der Waals surface area contributed by atoms with E-state index >= 15 is 0 Å². The van der Waals surface area contributed by atoms with Crippen LogP contribution in [0.15, 0.2) is 29.4 Å². The molecule has 4 nitrogen and oxygen atoms in total. The van der Waals surface area contributed by atoms with Crippen molar-refractivity contribution in [3.05, 3.63) is 29.3 Å². The van der Waals surface area contributed by atoms with Crippen LogP contribution in [0.1, 0.15) is 0 Å². The highest BCUT2D eigenvalue weighted by molar-refractivity contribution is 7.99. The average molecular weight is 334 g/mol. The summed E-state index contributed by atoms with van der Waals surface area (Å²) >= 11 is 7.53. The van der Waals surface area contributed by atoms with Gasteiger partial charge in [0, 0.05) is 18.4 Å². The van der Waals surface area contributed by atoms with E-state index in [4.69, 9.17) is 16.3 Å². The Morgan fingerprint density at radius 2 is 2.10 bits per heavy atom. The van der Waals surface area contributed by atoms with Crippen LogP contribution in [0.25, 0.3) is 11.4 Å². The smallest absolute Gasteiger partial charge is 0.261 e. The molecule has 0 radical (unpaired) electrons. The Balaban J connectivity index is 1.96. The maximum atomic E-state index is 11.9. The number of hydrogen-bond acceptors (Lipinski definition) is 4. The molecule has 2 aromatic rings. The van der Waals surface area contributed by atoms with Crippen LogP contribution < -0.4 is 0 Å². The molecular formula is C13H14ClF2N3OS. The molecule has 0 atom stereocenters. The molecule has 1 heterocycles. The van der Waals surface area contributed by atoms with Crippen LogP contribution in [0.3, 0.4) is 0 Å². The molecule has 0 aliphatic carbocycles. The van der Waals surface area contributed by atoms with Crippen molar-refractivity contribution in [3.8, 4) is 11.4 Å². The maximum Gasteiger partial charge on any atom is 0.261 e. The lowest BCUT2D eigenvalue weighted by atomic mass is 10.2. The summed E-state index contributed by atoms with van der Waals surface area (Å²) in [7, 11) is 1.83. The summed E-state index contributed by atoms with van der Waals surface area (Å²) in [4.78, 5) is 0. The summed E-state index contributed by atoms with van der Waals surface area (Å²) in [6, 6.07) is 7.38. The first-order valence-corrected chi connectivity index (χ1v) is 7.59. The summed E-state index contributed by atoms with van der Waals surface area (Å²) in [5.41, 5.74) is 0.801. The van der Waals surface area contributed by atoms with Crippen molar-refractivity contribution in [2.75, 3.05) is 19.0 Å². The van der Waals surface area contributed by atoms with Crippen molar-refractivity contribution in [3.63, 3.8) is 0 Å². The number of alkyl halides is 2. The molecule has 2 rings (SSSR count). The quantitative estimate of drug-likeness (QED) is 0.574. The molecule has 0 spiro atoms. The SMILES string of the molecule is Cn1c(SCCOCC(F)F)nnc1-c1ccccc1Cl. The molecule has 0 unspecified atom stereocenters. The Morgan fingerprint density at radius 1 is 1.33 bits per heavy atom. The second-order valence-electron chi connectivity index (χ2n) is 4.16. The molecular weight excluding hydrogens is 320 g/mol. The van der Waals surface area contributed by atoms with Crippen LogP contribution in [0.4, 0.5) is 8.78 Å². The van der Waals surface area contributed by atoms with E-state index in [1.807, 2.05) is 29.8 Å². The Labute approximate surface area is 130 Å². The van der Waals surface area contributed by atoms with E-state index in [1.165, 1.54) is 11.8 Å². The van der Waals surface area contributed by atoms with Crippen LogP contribution >= 0.6 is 23.4 Å². The van der Waals surface area contributed by atoms with E-state index in [9.17, 15) is 8.78 Å². The number of aromatic nitrogens is 3. The molecule has 0 aliphatic rings. The molecule has 0 amide bonds. The zero-order chi connectivity index (χ0) is 15.2. The number of halogens is 3. The lowest BCUT2D eigenvalue weighted by Crippen LogP contribution is -2.07. The third-order valence-electron chi connectivity index (χ3n) is 2.65. The molecule has 0 bridgehead atoms. The molecule has 0 fully saturated rings. The van der Waals surface area contributed by atoms with Gasteiger partial charge in [0.15, 0.2) is 11.0 Å². The molecule has 0 saturated heterocycles. The van der Waals surface area contributed by atoms with Gasteiger partial charge in [-0.15, -0.1) is 10.2 Å². The van der Waals surface area contributed by atoms with Crippen molar-refractivity contribution < 1.29 is 13.5 Å². The van der Waals surface area contributed by atoms with Gasteiger partial charge in [-0.05, 0) is 12.1 Å². The Bertz CT molecular complexity index is 595. The minimum atomic E-state index is -2.43. The number of hydrogen-bond donors (Lipinski definition) is 0. The lowest BCUT2D eigenvalue weighted by molar-refractivity contribution is 0.0237. The highest BCUT2D eigenvalue weighted by Gasteiger charge is 2.13. The average Bonchev–Trinajstić information content (AvgIpc) is 2.80. The number of rotatable bonds is 7. The standard InChI is InChI=1S/C13H14ClF2N3OS/c1-19-12(9-4-2-3-5-10(9)14)17-18-13(19)21-7-6-20-8-11(15)16/h2-5,11H,6-8H2,1H3. The summed E-state index contributed by atoms with van der Waals surface area (Å²) in [5.74, 6) is 1.19. The zero-order valence-electron chi connectivity index (χ0n) is 11.3. The first kappa shape index (κ1) is 16.2. The number of benzene rings is 1. The first-order valence-electron chi connectivity index (χ1n) is 6.22. The molecule has 0 N–H and O–H groups in total. The predicted octanol–water partition coefficient (Wildman–Crippen LogP) is 3.51. The molecule has 0 aliphatic heterocycles. The summed E-state index contributed by atoms with van der Waals surface area (Å²) in [5, 5.41) is 9.49. The Kier molecular flexibility index (Phi) is 5.96. The van der Waals surface area contributed by atoms with Crippen LogP contribution in [-0.4, -0.2) is 40.2 Å². The van der Waals surface area contributed by atoms with Gasteiger partial charge in [0.2, 0.25) is 0 Å². The van der Waals surface area contributed by atoms with E-state index in [0.29, 0.717) is 21.8 Å². The maximum absolute atomic E-state index is 11.9. The van der Waals surface area contributed by atoms with Crippen molar-refractivity contribution in [2.24, 2.45) is 7.05 Å². The number of thioether (sulfide) groups is 1. The zero-order valence-corrected chi connectivity index (χ0v) is 12.9. The third-order valence-corrected chi connectivity index (χ3v) is 3.97. The monoisotopic (exact) mass is 333 g/mol. The fraction of sp³-hybridized carbons (Fsp3) is 0.385. The molecule has 1 aromatic heterocycles. The molecule has 1 aromatic carbocycles. The van der Waals surface area contributed by atoms with Crippen LogP contribution in [-0.2, 0) is 11.8 Å². The van der Waals surface area contributed by atoms with Gasteiger partial charge in [-0.2, -0.15) is 0 Å². The second kappa shape index (κ2) is 7.72. The van der Waals surface area contributed by atoms with Crippen LogP contribution in [0.5, 0.6) is 0 Å². The van der Waals surface area contributed by atoms with Gasteiger partial charge in [-0.25, -0.2) is 8.78 Å². The number of nitrogens with zero attached hydrogens (tertiary/aromatic N) is 3. The normalized spacial score (nSPS) is 11.3. The summed E-state index contributed by atoms with van der Waals surface area (Å²) in [6.45, 7) is -0.298. The van der Waals surface area contributed by atoms with Crippen LogP contribution in [0.2, 0.25) is 5.02 Å². The largest absolute Gasteiger partial charge is 0.375 e. The predicted molar refractivity (Wildman–Crippen MR) is 79.0 cm³/mol. The molecule has 8 heteroatoms. The van der Waals surface area contributed by atoms with E-state index < -0.39 is 13.0 Å². The van der Waals surface area contributed by atoms with Gasteiger partial charge < -0.3 is 9.30 Å². The van der Waals surface area contributed by atoms with Gasteiger partial charge in [-0.3, -0.25) is 0 Å². The van der Waals surface area contributed by atoms with E-state index in [0.717, 1.165) is 5.56 Å². The van der Waals surface area contributed by atoms with Gasteiger partial charge in [0.25, 0.3) is 6.43 Å². The minimum absolute atomic E-state index is 0.239. The summed E-state index contributed by atoms with van der Waals surface area (Å²) < 4.78 is 30.5. The van der Waals surface area contributed by atoms with Crippen LogP contribution in [0, 0.1) is 0 Å². The lowest BCUT2D eigenvalue weighted by Gasteiger charge is -2.05. The highest BCUT2D eigenvalue weighted by atomic mass is 35.5. The van der Waals surface area contributed by atoms with Crippen molar-refractivity contribution >= 4 is 23.4 Å². The summed E-state index contributed by atoms with van der Waals surface area (Å²) in [6.07, 6.45) is -2.43. The van der Waals surface area contributed by atoms with Gasteiger partial charge in [-0.1, -0.05) is 35.5 Å². The molecule has 0 saturated carbocycles. The van der Waals surface area contributed by atoms with Gasteiger partial charge in [0.05, 0.1) is 11.6 Å². The van der Waals surface area contributed by atoms with E-state index in [-0.39, 0.29) is 6.61 Å². The Morgan fingerprint density at radius 3 is 2.81 bits per heavy atom. The molecule has 21 heavy (non-hydrogen) atoms. The fourth-order valence-electron chi connectivity index (χ4n) is 1.68. The van der Waals surface area contributed by atoms with Crippen molar-refractivity contribution in [1.82, 2.24) is 14.8 Å². The molecule has 114 valence electrons.